The molecule has 1 heterocycles. The highest BCUT2D eigenvalue weighted by molar-refractivity contribution is 6.22. The average molecular weight is 485 g/mol. The number of aromatic hydroxyl groups is 1. The predicted molar refractivity (Wildman–Crippen MR) is 127 cm³/mol. The van der Waals surface area contributed by atoms with Crippen molar-refractivity contribution in [1.82, 2.24) is 4.90 Å². The number of nitrogens with two attached hydrogens (primary N) is 1. The second kappa shape index (κ2) is 8.80. The molecule has 0 aromatic heterocycles. The number of amides is 1. The molecule has 1 aromatic carbocycles. The van der Waals surface area contributed by atoms with Crippen LogP contribution in [-0.2, 0) is 27.3 Å². The van der Waals surface area contributed by atoms with Gasteiger partial charge in [-0.25, -0.2) is 0 Å². The van der Waals surface area contributed by atoms with Crippen LogP contribution < -0.4 is 5.73 Å². The number of Topliss-reactive ketones (excluding diaryl/α,β-unsaturated/α-hetero) is 2. The van der Waals surface area contributed by atoms with Gasteiger partial charge in [-0.3, -0.25) is 19.3 Å². The molecule has 1 saturated carbocycles. The number of ketones is 2. The minimum absolute atomic E-state index is 0. The third kappa shape index (κ3) is 3.65. The van der Waals surface area contributed by atoms with Gasteiger partial charge in [-0.05, 0) is 50.3 Å². The van der Waals surface area contributed by atoms with Crippen molar-refractivity contribution in [2.75, 3.05) is 13.1 Å². The van der Waals surface area contributed by atoms with E-state index in [2.05, 4.69) is 4.90 Å². The Morgan fingerprint density at radius 2 is 1.77 bits per heavy atom. The lowest BCUT2D eigenvalue weighted by Gasteiger charge is -2.46. The van der Waals surface area contributed by atoms with E-state index >= 15 is 0 Å². The van der Waals surface area contributed by atoms with Crippen LogP contribution in [0.1, 0.15) is 56.2 Å². The number of fused-ring (bicyclic) bond motifs is 3. The number of rotatable bonds is 3. The van der Waals surface area contributed by atoms with Crippen molar-refractivity contribution in [3.63, 3.8) is 0 Å². The lowest BCUT2D eigenvalue weighted by molar-refractivity contribution is -0.147. The summed E-state index contributed by atoms with van der Waals surface area (Å²) in [5.74, 6) is -5.98. The first-order valence-corrected chi connectivity index (χ1v) is 11.7. The smallest absolute Gasteiger partial charge is 0.255 e. The predicted octanol–water partition coefficient (Wildman–Crippen LogP) is 2.05. The summed E-state index contributed by atoms with van der Waals surface area (Å²) in [6.07, 6.45) is 3.50. The highest BCUT2D eigenvalue weighted by Gasteiger charge is 2.60. The number of aliphatic hydroxyl groups excluding tert-OH is 2. The number of likely N-dealkylation sites (tertiary alicyclic amines) is 1. The summed E-state index contributed by atoms with van der Waals surface area (Å²) < 4.78 is 0. The van der Waals surface area contributed by atoms with Gasteiger partial charge in [0.1, 0.15) is 22.8 Å². The Kier molecular flexibility index (Phi) is 6.27. The quantitative estimate of drug-likeness (QED) is 0.407. The molecule has 2 fully saturated rings. The number of phenolic OH excluding ortho intramolecular Hbond substituents is 1. The van der Waals surface area contributed by atoms with Crippen molar-refractivity contribution in [2.24, 2.45) is 17.6 Å². The molecule has 3 aliphatic carbocycles. The van der Waals surface area contributed by atoms with Gasteiger partial charge in [0.2, 0.25) is 5.78 Å². The van der Waals surface area contributed by atoms with Crippen LogP contribution >= 0.6 is 0 Å². The molecule has 1 amide bonds. The van der Waals surface area contributed by atoms with E-state index in [0.717, 1.165) is 25.9 Å². The first kappa shape index (κ1) is 24.9. The Balaban J connectivity index is 0.00000289. The normalized spacial score (nSPS) is 28.7. The van der Waals surface area contributed by atoms with Gasteiger partial charge in [0.25, 0.3) is 5.91 Å². The molecule has 0 unspecified atom stereocenters. The van der Waals surface area contributed by atoms with Gasteiger partial charge in [-0.1, -0.05) is 26.0 Å². The van der Waals surface area contributed by atoms with Gasteiger partial charge in [0.15, 0.2) is 11.4 Å². The molecule has 9 heteroatoms. The number of primary amides is 1. The van der Waals surface area contributed by atoms with E-state index in [-0.39, 0.29) is 37.2 Å². The van der Waals surface area contributed by atoms with E-state index in [0.29, 0.717) is 24.1 Å². The third-order valence-electron chi connectivity index (χ3n) is 7.86. The van der Waals surface area contributed by atoms with Crippen molar-refractivity contribution in [2.45, 2.75) is 58.1 Å². The molecular weight excluding hydrogens is 452 g/mol. The first-order chi connectivity index (χ1) is 16.1. The van der Waals surface area contributed by atoms with Crippen molar-refractivity contribution < 1.29 is 34.8 Å². The van der Waals surface area contributed by atoms with Crippen LogP contribution in [0.25, 0.3) is 5.76 Å². The largest absolute Gasteiger partial charge is 0.508 e. The Bertz CT molecular complexity index is 1180. The number of carbonyl (C=O) groups excluding carboxylic acids is 3. The first-order valence-electron chi connectivity index (χ1n) is 11.7. The molecule has 4 aliphatic rings. The second-order valence-electron chi connectivity index (χ2n) is 9.85. The SMILES string of the molecule is C.NC(=O)C1=C(O)[C@@]2(O)C(=O)C3=C(O)c4c(ccc(CN5CCCCC5)c4O)C[C@H]3C[C@H]2CC1=O. The van der Waals surface area contributed by atoms with Crippen LogP contribution in [-0.4, -0.2) is 61.5 Å². The zero-order chi connectivity index (χ0) is 24.4. The Morgan fingerprint density at radius 3 is 2.43 bits per heavy atom. The Morgan fingerprint density at radius 1 is 1.09 bits per heavy atom. The highest BCUT2D eigenvalue weighted by Crippen LogP contribution is 2.52. The Labute approximate surface area is 203 Å². The molecule has 35 heavy (non-hydrogen) atoms. The minimum Gasteiger partial charge on any atom is -0.508 e. The van der Waals surface area contributed by atoms with Crippen molar-refractivity contribution in [3.05, 3.63) is 45.7 Å². The fraction of sp³-hybridized carbons (Fsp3) is 0.500. The van der Waals surface area contributed by atoms with Crippen molar-refractivity contribution in [3.8, 4) is 5.75 Å². The molecule has 0 bridgehead atoms. The van der Waals surface area contributed by atoms with E-state index in [9.17, 15) is 34.8 Å². The number of hydrogen-bond acceptors (Lipinski definition) is 8. The summed E-state index contributed by atoms with van der Waals surface area (Å²) in [6, 6.07) is 3.67. The summed E-state index contributed by atoms with van der Waals surface area (Å²) >= 11 is 0. The van der Waals surface area contributed by atoms with E-state index < -0.39 is 52.0 Å². The zero-order valence-electron chi connectivity index (χ0n) is 18.7. The molecule has 0 radical (unpaired) electrons. The van der Waals surface area contributed by atoms with Crippen LogP contribution in [0, 0.1) is 11.8 Å². The standard InChI is InChI=1S/C25H28N2O7.CH4/c26-24(33)19-16(28)10-15-9-14-8-12-4-5-13(11-27-6-2-1-3-7-27)20(29)17(12)21(30)18(14)22(31)25(15,34)23(19)32;/h4-5,14-15,29-30,32,34H,1-3,6-11H2,(H2,26,33);1H4/t14-,15-,25-;/m0./s1. The molecule has 0 spiro atoms. The number of phenols is 1. The average Bonchev–Trinajstić information content (AvgIpc) is 2.78. The molecular formula is C26H32N2O7. The molecule has 188 valence electrons. The molecule has 5 rings (SSSR count). The Hall–Kier alpha value is -3.17. The number of nitrogens with zero attached hydrogens (tertiary/aromatic N) is 1. The molecule has 3 atom stereocenters. The number of piperidine rings is 1. The van der Waals surface area contributed by atoms with Gasteiger partial charge < -0.3 is 26.2 Å². The lowest BCUT2D eigenvalue weighted by atomic mass is 9.59. The van der Waals surface area contributed by atoms with E-state index in [1.165, 1.54) is 6.42 Å². The summed E-state index contributed by atoms with van der Waals surface area (Å²) in [6.45, 7) is 2.36. The minimum atomic E-state index is -2.53. The van der Waals surface area contributed by atoms with Gasteiger partial charge in [0.05, 0.1) is 5.56 Å². The van der Waals surface area contributed by atoms with E-state index in [1.807, 2.05) is 12.1 Å². The summed E-state index contributed by atoms with van der Waals surface area (Å²) in [7, 11) is 0. The maximum Gasteiger partial charge on any atom is 0.255 e. The molecule has 1 aliphatic heterocycles. The lowest BCUT2D eigenvalue weighted by Crippen LogP contribution is -2.58. The van der Waals surface area contributed by atoms with E-state index in [1.54, 1.807) is 0 Å². The second-order valence-corrected chi connectivity index (χ2v) is 9.85. The van der Waals surface area contributed by atoms with Crippen LogP contribution in [0.4, 0.5) is 0 Å². The molecule has 1 saturated heterocycles. The summed E-state index contributed by atoms with van der Waals surface area (Å²) in [4.78, 5) is 39.8. The van der Waals surface area contributed by atoms with Crippen molar-refractivity contribution in [1.29, 1.82) is 0 Å². The van der Waals surface area contributed by atoms with Crippen LogP contribution in [0.2, 0.25) is 0 Å². The molecule has 6 N–H and O–H groups in total. The third-order valence-corrected chi connectivity index (χ3v) is 7.86. The maximum absolute atomic E-state index is 13.5. The number of carbonyl (C=O) groups is 3. The monoisotopic (exact) mass is 484 g/mol. The summed E-state index contributed by atoms with van der Waals surface area (Å²) in [5, 5.41) is 44.1. The maximum atomic E-state index is 13.5. The van der Waals surface area contributed by atoms with Gasteiger partial charge in [-0.2, -0.15) is 0 Å². The van der Waals surface area contributed by atoms with Gasteiger partial charge >= 0.3 is 0 Å². The zero-order valence-corrected chi connectivity index (χ0v) is 18.7. The van der Waals surface area contributed by atoms with Crippen molar-refractivity contribution >= 4 is 23.2 Å². The topological polar surface area (TPSA) is 161 Å². The number of aliphatic hydroxyl groups is 3. The van der Waals surface area contributed by atoms with Crippen LogP contribution in [0.15, 0.2) is 29.0 Å². The van der Waals surface area contributed by atoms with Crippen LogP contribution in [0.3, 0.4) is 0 Å². The number of hydrogen-bond donors (Lipinski definition) is 5. The summed E-state index contributed by atoms with van der Waals surface area (Å²) in [5.41, 5.74) is 3.24. The fourth-order valence-electron chi connectivity index (χ4n) is 6.13. The van der Waals surface area contributed by atoms with Gasteiger partial charge in [0, 0.05) is 30.0 Å². The molecule has 9 nitrogen and oxygen atoms in total. The number of benzene rings is 1. The fourth-order valence-corrected chi connectivity index (χ4v) is 6.13. The van der Waals surface area contributed by atoms with Gasteiger partial charge in [-0.15, -0.1) is 0 Å². The molecule has 1 aromatic rings. The van der Waals surface area contributed by atoms with Crippen LogP contribution in [0.5, 0.6) is 5.75 Å². The highest BCUT2D eigenvalue weighted by atomic mass is 16.3. The van der Waals surface area contributed by atoms with E-state index in [4.69, 9.17) is 5.73 Å².